The number of rotatable bonds is 2. The Bertz CT molecular complexity index is 391. The summed E-state index contributed by atoms with van der Waals surface area (Å²) in [5.41, 5.74) is 0. The van der Waals surface area contributed by atoms with Crippen LogP contribution in [0.4, 0.5) is 0 Å². The first-order valence-corrected chi connectivity index (χ1v) is 6.88. The summed E-state index contributed by atoms with van der Waals surface area (Å²) in [7, 11) is 0. The molecule has 4 bridgehead atoms. The molecule has 0 saturated heterocycles. The van der Waals surface area contributed by atoms with Gasteiger partial charge in [0.1, 0.15) is 6.29 Å². The molecule has 0 aromatic carbocycles. The highest BCUT2D eigenvalue weighted by molar-refractivity contribution is 5.71. The topological polar surface area (TPSA) is 54.4 Å². The van der Waals surface area contributed by atoms with E-state index in [2.05, 4.69) is 0 Å². The summed E-state index contributed by atoms with van der Waals surface area (Å²) in [6.45, 7) is 0. The van der Waals surface area contributed by atoms with Crippen molar-refractivity contribution in [3.8, 4) is 0 Å². The van der Waals surface area contributed by atoms with Crippen molar-refractivity contribution in [1.29, 1.82) is 0 Å². The molecule has 0 aliphatic heterocycles. The lowest BCUT2D eigenvalue weighted by Gasteiger charge is -2.39. The van der Waals surface area contributed by atoms with Crippen LogP contribution in [0.15, 0.2) is 0 Å². The normalized spacial score (nSPS) is 58.4. The molecule has 1 N–H and O–H groups in total. The minimum atomic E-state index is -0.596. The average molecular weight is 234 g/mol. The molecule has 3 heteroatoms. The van der Waals surface area contributed by atoms with Crippen molar-refractivity contribution in [2.24, 2.45) is 47.3 Å². The van der Waals surface area contributed by atoms with E-state index in [1.165, 1.54) is 6.42 Å². The van der Waals surface area contributed by atoms with Gasteiger partial charge in [0.2, 0.25) is 0 Å². The van der Waals surface area contributed by atoms with Gasteiger partial charge in [-0.1, -0.05) is 0 Å². The van der Waals surface area contributed by atoms with E-state index >= 15 is 0 Å². The van der Waals surface area contributed by atoms with Gasteiger partial charge in [-0.05, 0) is 61.2 Å². The summed E-state index contributed by atoms with van der Waals surface area (Å²) in [6.07, 6.45) is 5.48. The maximum atomic E-state index is 11.3. The third kappa shape index (κ3) is 1.08. The quantitative estimate of drug-likeness (QED) is 0.585. The number of aldehydes is 1. The molecule has 3 nitrogen and oxygen atoms in total. The van der Waals surface area contributed by atoms with Crippen molar-refractivity contribution >= 4 is 12.3 Å². The smallest absolute Gasteiger partial charge is 0.306 e. The molecule has 4 rings (SSSR count). The molecule has 0 spiro atoms. The van der Waals surface area contributed by atoms with Gasteiger partial charge in [0.05, 0.1) is 5.92 Å². The second kappa shape index (κ2) is 3.12. The van der Waals surface area contributed by atoms with Crippen LogP contribution in [0, 0.1) is 47.3 Å². The SMILES string of the molecule is O=CC1CC2CC1C1C3CC(CC3C(=O)O)C21. The van der Waals surface area contributed by atoms with Crippen molar-refractivity contribution in [3.05, 3.63) is 0 Å². The minimum absolute atomic E-state index is 0.104. The molecule has 8 unspecified atom stereocenters. The zero-order valence-corrected chi connectivity index (χ0v) is 9.79. The first kappa shape index (κ1) is 10.1. The molecule has 92 valence electrons. The van der Waals surface area contributed by atoms with E-state index in [-0.39, 0.29) is 11.8 Å². The number of carboxylic acid groups (broad SMARTS) is 1. The monoisotopic (exact) mass is 234 g/mol. The van der Waals surface area contributed by atoms with E-state index in [9.17, 15) is 14.7 Å². The van der Waals surface area contributed by atoms with Gasteiger partial charge in [0, 0.05) is 5.92 Å². The van der Waals surface area contributed by atoms with Crippen molar-refractivity contribution in [3.63, 3.8) is 0 Å². The molecule has 0 radical (unpaired) electrons. The molecule has 0 amide bonds. The van der Waals surface area contributed by atoms with Gasteiger partial charge in [-0.15, -0.1) is 0 Å². The molecule has 0 aromatic heterocycles. The molecule has 0 aromatic rings. The van der Waals surface area contributed by atoms with Gasteiger partial charge >= 0.3 is 5.97 Å². The second-order valence-electron chi connectivity index (χ2n) is 6.69. The Kier molecular flexibility index (Phi) is 1.85. The zero-order valence-electron chi connectivity index (χ0n) is 9.79. The molecule has 8 atom stereocenters. The lowest BCUT2D eigenvalue weighted by molar-refractivity contribution is -0.145. The molecule has 4 aliphatic carbocycles. The fraction of sp³-hybridized carbons (Fsp3) is 0.857. The lowest BCUT2D eigenvalue weighted by atomic mass is 9.65. The van der Waals surface area contributed by atoms with Gasteiger partial charge in [0.25, 0.3) is 0 Å². The Hall–Kier alpha value is -0.860. The van der Waals surface area contributed by atoms with Crippen LogP contribution in [0.25, 0.3) is 0 Å². The fourth-order valence-electron chi connectivity index (χ4n) is 6.09. The van der Waals surface area contributed by atoms with Crippen molar-refractivity contribution < 1.29 is 14.7 Å². The number of hydrogen-bond donors (Lipinski definition) is 1. The van der Waals surface area contributed by atoms with Crippen LogP contribution in [-0.2, 0) is 9.59 Å². The highest BCUT2D eigenvalue weighted by atomic mass is 16.4. The third-order valence-corrected chi connectivity index (χ3v) is 6.36. The minimum Gasteiger partial charge on any atom is -0.481 e. The molecule has 0 heterocycles. The van der Waals surface area contributed by atoms with E-state index in [1.807, 2.05) is 0 Å². The number of fused-ring (bicyclic) bond motifs is 9. The number of carboxylic acids is 1. The molecule has 17 heavy (non-hydrogen) atoms. The van der Waals surface area contributed by atoms with Crippen LogP contribution >= 0.6 is 0 Å². The molecular formula is C14H18O3. The van der Waals surface area contributed by atoms with E-state index < -0.39 is 5.97 Å². The van der Waals surface area contributed by atoms with Gasteiger partial charge in [-0.3, -0.25) is 4.79 Å². The fourth-order valence-corrected chi connectivity index (χ4v) is 6.09. The number of carbonyl (C=O) groups is 2. The van der Waals surface area contributed by atoms with Crippen molar-refractivity contribution in [2.45, 2.75) is 25.7 Å². The van der Waals surface area contributed by atoms with Crippen LogP contribution in [0.3, 0.4) is 0 Å². The summed E-state index contributed by atoms with van der Waals surface area (Å²) < 4.78 is 0. The van der Waals surface area contributed by atoms with Crippen LogP contribution in [0.2, 0.25) is 0 Å². The zero-order chi connectivity index (χ0) is 11.7. The Morgan fingerprint density at radius 1 is 1.00 bits per heavy atom. The van der Waals surface area contributed by atoms with Crippen molar-refractivity contribution in [2.75, 3.05) is 0 Å². The number of hydrogen-bond acceptors (Lipinski definition) is 2. The van der Waals surface area contributed by atoms with E-state index in [4.69, 9.17) is 0 Å². The van der Waals surface area contributed by atoms with Gasteiger partial charge in [-0.25, -0.2) is 0 Å². The van der Waals surface area contributed by atoms with Gasteiger partial charge in [0.15, 0.2) is 0 Å². The molecular weight excluding hydrogens is 216 g/mol. The number of carbonyl (C=O) groups excluding carboxylic acids is 1. The molecule has 4 saturated carbocycles. The Morgan fingerprint density at radius 3 is 2.41 bits per heavy atom. The second-order valence-corrected chi connectivity index (χ2v) is 6.69. The van der Waals surface area contributed by atoms with Crippen LogP contribution in [0.1, 0.15) is 25.7 Å². The van der Waals surface area contributed by atoms with Crippen LogP contribution < -0.4 is 0 Å². The Labute approximate surface area is 101 Å². The van der Waals surface area contributed by atoms with E-state index in [0.29, 0.717) is 23.7 Å². The van der Waals surface area contributed by atoms with Gasteiger partial charge in [-0.2, -0.15) is 0 Å². The highest BCUT2D eigenvalue weighted by Crippen LogP contribution is 2.69. The summed E-state index contributed by atoms with van der Waals surface area (Å²) in [4.78, 5) is 22.4. The Balaban J connectivity index is 1.66. The summed E-state index contributed by atoms with van der Waals surface area (Å²) in [5.74, 6) is 3.21. The maximum absolute atomic E-state index is 11.3. The predicted octanol–water partition coefficient (Wildman–Crippen LogP) is 1.81. The summed E-state index contributed by atoms with van der Waals surface area (Å²) in [5, 5.41) is 9.28. The molecule has 4 fully saturated rings. The standard InChI is InChI=1S/C14H18O3/c15-5-8-1-6-2-9(8)13-10-3-7(12(6)13)4-11(10)14(16)17/h5-13H,1-4H2,(H,16,17). The highest BCUT2D eigenvalue weighted by Gasteiger charge is 2.65. The van der Waals surface area contributed by atoms with E-state index in [1.54, 1.807) is 0 Å². The summed E-state index contributed by atoms with van der Waals surface area (Å²) >= 11 is 0. The average Bonchev–Trinajstić information content (AvgIpc) is 3.04. The van der Waals surface area contributed by atoms with E-state index in [0.717, 1.165) is 37.4 Å². The molecule has 4 aliphatic rings. The first-order chi connectivity index (χ1) is 8.20. The third-order valence-electron chi connectivity index (χ3n) is 6.36. The first-order valence-electron chi connectivity index (χ1n) is 6.88. The van der Waals surface area contributed by atoms with Gasteiger partial charge < -0.3 is 9.90 Å². The maximum Gasteiger partial charge on any atom is 0.306 e. The van der Waals surface area contributed by atoms with Crippen LogP contribution in [0.5, 0.6) is 0 Å². The summed E-state index contributed by atoms with van der Waals surface area (Å²) in [6, 6.07) is 0. The Morgan fingerprint density at radius 2 is 1.71 bits per heavy atom. The van der Waals surface area contributed by atoms with Crippen LogP contribution in [-0.4, -0.2) is 17.4 Å². The lowest BCUT2D eigenvalue weighted by Crippen LogP contribution is -2.38. The predicted molar refractivity (Wildman–Crippen MR) is 60.1 cm³/mol. The number of aliphatic carboxylic acids is 1. The van der Waals surface area contributed by atoms with Crippen molar-refractivity contribution in [1.82, 2.24) is 0 Å². The largest absolute Gasteiger partial charge is 0.481 e.